The summed E-state index contributed by atoms with van der Waals surface area (Å²) in [4.78, 5) is 16.9. The number of amides is 1. The van der Waals surface area contributed by atoms with Crippen molar-refractivity contribution in [2.45, 2.75) is 6.61 Å². The number of morpholine rings is 1. The molecule has 7 nitrogen and oxygen atoms in total. The first kappa shape index (κ1) is 20.7. The largest absolute Gasteiger partial charge is 0.493 e. The molecule has 0 saturated carbocycles. The van der Waals surface area contributed by atoms with E-state index in [0.717, 1.165) is 55.2 Å². The molecule has 2 aromatic carbocycles. The summed E-state index contributed by atoms with van der Waals surface area (Å²) in [5.41, 5.74) is 4.00. The number of hydrogen-bond acceptors (Lipinski definition) is 6. The normalized spacial score (nSPS) is 17.4. The molecule has 7 heteroatoms. The summed E-state index contributed by atoms with van der Waals surface area (Å²) in [6, 6.07) is 12.0. The zero-order valence-corrected chi connectivity index (χ0v) is 17.6. The maximum atomic E-state index is 12.7. The molecule has 1 fully saturated rings. The van der Waals surface area contributed by atoms with Crippen molar-refractivity contribution in [2.75, 3.05) is 65.1 Å². The van der Waals surface area contributed by atoms with Crippen molar-refractivity contribution >= 4 is 11.6 Å². The molecule has 160 valence electrons. The number of nitrogens with zero attached hydrogens (tertiary/aromatic N) is 2. The number of methoxy groups -OCH3 is 2. The molecule has 0 bridgehead atoms. The zero-order chi connectivity index (χ0) is 20.9. The van der Waals surface area contributed by atoms with Crippen LogP contribution in [-0.4, -0.2) is 71.0 Å². The molecule has 1 amide bonds. The molecule has 2 aromatic rings. The Bertz CT molecular complexity index is 895. The van der Waals surface area contributed by atoms with Crippen LogP contribution in [0.4, 0.5) is 5.69 Å². The van der Waals surface area contributed by atoms with Crippen LogP contribution in [0.3, 0.4) is 0 Å². The lowest BCUT2D eigenvalue weighted by Crippen LogP contribution is -2.43. The van der Waals surface area contributed by atoms with Crippen LogP contribution >= 0.6 is 0 Å². The third-order valence-corrected chi connectivity index (χ3v) is 5.61. The van der Waals surface area contributed by atoms with Crippen molar-refractivity contribution in [2.24, 2.45) is 0 Å². The second kappa shape index (κ2) is 9.47. The van der Waals surface area contributed by atoms with E-state index in [0.29, 0.717) is 24.7 Å². The van der Waals surface area contributed by atoms with Gasteiger partial charge in [0.2, 0.25) is 0 Å². The Kier molecular flexibility index (Phi) is 6.52. The van der Waals surface area contributed by atoms with Gasteiger partial charge in [0.05, 0.1) is 34.0 Å². The van der Waals surface area contributed by atoms with E-state index < -0.39 is 0 Å². The summed E-state index contributed by atoms with van der Waals surface area (Å²) in [6.45, 7) is 5.30. The van der Waals surface area contributed by atoms with E-state index in [1.165, 1.54) is 0 Å². The van der Waals surface area contributed by atoms with E-state index in [-0.39, 0.29) is 12.5 Å². The fraction of sp³-hybridized carbons (Fsp3) is 0.435. The lowest BCUT2D eigenvalue weighted by molar-refractivity contribution is -0.123. The highest BCUT2D eigenvalue weighted by Gasteiger charge is 2.24. The lowest BCUT2D eigenvalue weighted by atomic mass is 10.0. The van der Waals surface area contributed by atoms with Gasteiger partial charge < -0.3 is 23.8 Å². The highest BCUT2D eigenvalue weighted by atomic mass is 16.5. The van der Waals surface area contributed by atoms with Gasteiger partial charge in [-0.1, -0.05) is 12.1 Å². The number of carbonyl (C=O) groups is 1. The van der Waals surface area contributed by atoms with E-state index in [4.69, 9.17) is 18.9 Å². The topological polar surface area (TPSA) is 60.5 Å². The highest BCUT2D eigenvalue weighted by molar-refractivity contribution is 5.96. The molecule has 0 aliphatic carbocycles. The van der Waals surface area contributed by atoms with Crippen LogP contribution in [0.2, 0.25) is 0 Å². The van der Waals surface area contributed by atoms with Crippen LogP contribution in [0.5, 0.6) is 11.5 Å². The van der Waals surface area contributed by atoms with Crippen molar-refractivity contribution in [1.29, 1.82) is 0 Å². The molecule has 0 N–H and O–H groups in total. The number of carbonyl (C=O) groups excluding carboxylic acids is 1. The first-order chi connectivity index (χ1) is 14.7. The quantitative estimate of drug-likeness (QED) is 0.727. The maximum Gasteiger partial charge on any atom is 0.253 e. The van der Waals surface area contributed by atoms with Gasteiger partial charge in [-0.3, -0.25) is 9.69 Å². The van der Waals surface area contributed by atoms with Crippen LogP contribution in [0.1, 0.15) is 5.56 Å². The fourth-order valence-corrected chi connectivity index (χ4v) is 3.93. The third kappa shape index (κ3) is 4.43. The molecule has 0 spiro atoms. The van der Waals surface area contributed by atoms with Gasteiger partial charge in [-0.25, -0.2) is 0 Å². The van der Waals surface area contributed by atoms with Crippen molar-refractivity contribution in [3.63, 3.8) is 0 Å². The first-order valence-electron chi connectivity index (χ1n) is 10.2. The molecule has 0 unspecified atom stereocenters. The fourth-order valence-electron chi connectivity index (χ4n) is 3.93. The van der Waals surface area contributed by atoms with E-state index in [1.54, 1.807) is 14.2 Å². The number of anilines is 1. The smallest absolute Gasteiger partial charge is 0.253 e. The van der Waals surface area contributed by atoms with Crippen LogP contribution in [0.15, 0.2) is 36.4 Å². The van der Waals surface area contributed by atoms with Crippen molar-refractivity contribution in [1.82, 2.24) is 4.90 Å². The molecule has 2 aliphatic rings. The van der Waals surface area contributed by atoms with E-state index in [9.17, 15) is 4.79 Å². The van der Waals surface area contributed by atoms with Gasteiger partial charge in [-0.15, -0.1) is 0 Å². The van der Waals surface area contributed by atoms with E-state index >= 15 is 0 Å². The van der Waals surface area contributed by atoms with Crippen LogP contribution in [-0.2, 0) is 20.9 Å². The summed E-state index contributed by atoms with van der Waals surface area (Å²) in [6.07, 6.45) is 0. The van der Waals surface area contributed by atoms with E-state index in [2.05, 4.69) is 11.0 Å². The standard InChI is InChI=1S/C23H28N2O5/c1-27-21-6-4-18(14-22(21)28-2)17-3-5-20-19(13-17)15-30-16-23(26)25(20)8-7-24-9-11-29-12-10-24/h3-6,13-14H,7-12,15-16H2,1-2H3. The SMILES string of the molecule is COc1ccc(-c2ccc3c(c2)COCC(=O)N3CCN2CCOCC2)cc1OC. The molecular weight excluding hydrogens is 384 g/mol. The van der Waals surface area contributed by atoms with Crippen LogP contribution < -0.4 is 14.4 Å². The molecule has 2 aliphatic heterocycles. The van der Waals surface area contributed by atoms with E-state index in [1.807, 2.05) is 35.2 Å². The molecule has 1 saturated heterocycles. The number of benzene rings is 2. The molecule has 2 heterocycles. The van der Waals surface area contributed by atoms with Gasteiger partial charge in [0.1, 0.15) is 6.61 Å². The molecule has 0 aromatic heterocycles. The molecule has 4 rings (SSSR count). The average Bonchev–Trinajstić information content (AvgIpc) is 2.95. The zero-order valence-electron chi connectivity index (χ0n) is 17.6. The Morgan fingerprint density at radius 2 is 1.60 bits per heavy atom. The molecule has 0 atom stereocenters. The minimum Gasteiger partial charge on any atom is -0.493 e. The average molecular weight is 412 g/mol. The van der Waals surface area contributed by atoms with Gasteiger partial charge in [-0.2, -0.15) is 0 Å². The van der Waals surface area contributed by atoms with Gasteiger partial charge in [0.25, 0.3) is 5.91 Å². The summed E-state index contributed by atoms with van der Waals surface area (Å²) < 4.78 is 21.8. The Hall–Kier alpha value is -2.61. The Balaban J connectivity index is 1.58. The summed E-state index contributed by atoms with van der Waals surface area (Å²) in [5, 5.41) is 0. The highest BCUT2D eigenvalue weighted by Crippen LogP contribution is 2.35. The Morgan fingerprint density at radius 1 is 0.867 bits per heavy atom. The predicted octanol–water partition coefficient (Wildman–Crippen LogP) is 2.57. The van der Waals surface area contributed by atoms with Gasteiger partial charge in [0.15, 0.2) is 11.5 Å². The number of fused-ring (bicyclic) bond motifs is 1. The Labute approximate surface area is 177 Å². The summed E-state index contributed by atoms with van der Waals surface area (Å²) in [5.74, 6) is 1.38. The number of rotatable bonds is 6. The second-order valence-corrected chi connectivity index (χ2v) is 7.41. The van der Waals surface area contributed by atoms with Gasteiger partial charge in [-0.05, 0) is 35.4 Å². The monoisotopic (exact) mass is 412 g/mol. The molecule has 30 heavy (non-hydrogen) atoms. The minimum absolute atomic E-state index is 0.000811. The first-order valence-corrected chi connectivity index (χ1v) is 10.2. The third-order valence-electron chi connectivity index (χ3n) is 5.61. The van der Waals surface area contributed by atoms with Gasteiger partial charge in [0, 0.05) is 37.4 Å². The van der Waals surface area contributed by atoms with Crippen molar-refractivity contribution in [3.05, 3.63) is 42.0 Å². The molecule has 0 radical (unpaired) electrons. The van der Waals surface area contributed by atoms with Crippen LogP contribution in [0, 0.1) is 0 Å². The number of ether oxygens (including phenoxy) is 4. The Morgan fingerprint density at radius 3 is 2.37 bits per heavy atom. The predicted molar refractivity (Wildman–Crippen MR) is 114 cm³/mol. The summed E-state index contributed by atoms with van der Waals surface area (Å²) in [7, 11) is 3.25. The van der Waals surface area contributed by atoms with Crippen molar-refractivity contribution < 1.29 is 23.7 Å². The van der Waals surface area contributed by atoms with Crippen LogP contribution in [0.25, 0.3) is 11.1 Å². The molecular formula is C23H28N2O5. The minimum atomic E-state index is 0.000811. The summed E-state index contributed by atoms with van der Waals surface area (Å²) >= 11 is 0. The second-order valence-electron chi connectivity index (χ2n) is 7.41. The van der Waals surface area contributed by atoms with Crippen molar-refractivity contribution in [3.8, 4) is 22.6 Å². The number of hydrogen-bond donors (Lipinski definition) is 0. The van der Waals surface area contributed by atoms with Gasteiger partial charge >= 0.3 is 0 Å². The lowest BCUT2D eigenvalue weighted by Gasteiger charge is -2.30. The maximum absolute atomic E-state index is 12.7.